The highest BCUT2D eigenvalue weighted by Crippen LogP contribution is 2.36. The number of imidazole rings is 1. The lowest BCUT2D eigenvalue weighted by Crippen LogP contribution is -2.53. The first-order valence-electron chi connectivity index (χ1n) is 10.4. The Bertz CT molecular complexity index is 1260. The first kappa shape index (κ1) is 18.8. The topological polar surface area (TPSA) is 71.5 Å². The number of halogens is 2. The molecule has 2 bridgehead atoms. The summed E-state index contributed by atoms with van der Waals surface area (Å²) in [6.07, 6.45) is 7.50. The van der Waals surface area contributed by atoms with Crippen LogP contribution in [0.5, 0.6) is 0 Å². The maximum atomic E-state index is 13.6. The molecule has 3 aliphatic rings. The molecule has 3 aliphatic heterocycles. The fraction of sp³-hybridized carbons (Fsp3) is 0.318. The molecule has 1 aromatic carbocycles. The van der Waals surface area contributed by atoms with Crippen LogP contribution < -0.4 is 5.32 Å². The van der Waals surface area contributed by atoms with Crippen LogP contribution in [-0.2, 0) is 0 Å². The first-order valence-corrected chi connectivity index (χ1v) is 10.8. The summed E-state index contributed by atoms with van der Waals surface area (Å²) in [5, 5.41) is 3.82. The van der Waals surface area contributed by atoms with Gasteiger partial charge in [0.25, 0.3) is 0 Å². The van der Waals surface area contributed by atoms with Crippen molar-refractivity contribution in [2.75, 3.05) is 25.0 Å². The van der Waals surface area contributed by atoms with Gasteiger partial charge in [-0.1, -0.05) is 11.6 Å². The maximum absolute atomic E-state index is 13.6. The minimum absolute atomic E-state index is 0.279. The lowest BCUT2D eigenvalue weighted by atomic mass is 9.84. The van der Waals surface area contributed by atoms with Crippen molar-refractivity contribution in [3.05, 3.63) is 53.8 Å². The third-order valence-corrected chi connectivity index (χ3v) is 6.63. The highest BCUT2D eigenvalue weighted by molar-refractivity contribution is 6.33. The van der Waals surface area contributed by atoms with E-state index in [4.69, 9.17) is 21.0 Å². The predicted molar refractivity (Wildman–Crippen MR) is 115 cm³/mol. The van der Waals surface area contributed by atoms with E-state index < -0.39 is 5.82 Å². The second-order valence-corrected chi connectivity index (χ2v) is 8.55. The van der Waals surface area contributed by atoms with Crippen LogP contribution in [0.3, 0.4) is 0 Å². The standard InChI is InChI=1S/C22H20ClFN6O/c23-16-11-14(24)1-2-15(16)19-20(30-9-10-31-22(30)28-19)17-3-6-25-21(26-17)27-18-12-29-7-4-13(18)5-8-29/h1-3,6,9-11,13,18H,4-5,7-8,12H2,(H,25,26,27). The van der Waals surface area contributed by atoms with Crippen molar-refractivity contribution in [3.63, 3.8) is 0 Å². The Labute approximate surface area is 182 Å². The van der Waals surface area contributed by atoms with Crippen molar-refractivity contribution in [1.82, 2.24) is 24.3 Å². The van der Waals surface area contributed by atoms with E-state index in [2.05, 4.69) is 20.2 Å². The van der Waals surface area contributed by atoms with Crippen LogP contribution in [0, 0.1) is 11.7 Å². The Kier molecular flexibility index (Phi) is 4.43. The fourth-order valence-electron chi connectivity index (χ4n) is 4.75. The molecule has 6 heterocycles. The second kappa shape index (κ2) is 7.32. The van der Waals surface area contributed by atoms with Crippen molar-refractivity contribution < 1.29 is 8.81 Å². The molecule has 31 heavy (non-hydrogen) atoms. The van der Waals surface area contributed by atoms with Crippen LogP contribution in [-0.4, -0.2) is 49.9 Å². The maximum Gasteiger partial charge on any atom is 0.306 e. The summed E-state index contributed by atoms with van der Waals surface area (Å²) in [6, 6.07) is 6.45. The lowest BCUT2D eigenvalue weighted by Gasteiger charge is -2.44. The minimum atomic E-state index is -0.399. The van der Waals surface area contributed by atoms with E-state index in [0.29, 0.717) is 40.7 Å². The summed E-state index contributed by atoms with van der Waals surface area (Å²) >= 11 is 6.34. The van der Waals surface area contributed by atoms with Gasteiger partial charge in [-0.3, -0.25) is 4.40 Å². The van der Waals surface area contributed by atoms with Gasteiger partial charge < -0.3 is 14.6 Å². The monoisotopic (exact) mass is 438 g/mol. The SMILES string of the molecule is Fc1ccc(-c2nc3occn3c2-c2ccnc(NC3CN4CCC3CC4)n2)c(Cl)c1. The van der Waals surface area contributed by atoms with E-state index in [0.717, 1.165) is 12.2 Å². The molecule has 0 spiro atoms. The Balaban J connectivity index is 1.41. The van der Waals surface area contributed by atoms with Crippen LogP contribution in [0.4, 0.5) is 10.3 Å². The quantitative estimate of drug-likeness (QED) is 0.510. The zero-order valence-electron chi connectivity index (χ0n) is 16.6. The second-order valence-electron chi connectivity index (χ2n) is 8.14. The number of fused-ring (bicyclic) bond motifs is 4. The van der Waals surface area contributed by atoms with Crippen LogP contribution >= 0.6 is 11.6 Å². The molecule has 7 rings (SSSR count). The van der Waals surface area contributed by atoms with E-state index in [1.165, 1.54) is 38.1 Å². The van der Waals surface area contributed by atoms with Crippen molar-refractivity contribution >= 4 is 23.4 Å². The molecule has 0 aliphatic carbocycles. The number of benzene rings is 1. The fourth-order valence-corrected chi connectivity index (χ4v) is 5.01. The van der Waals surface area contributed by atoms with Gasteiger partial charge in [0.15, 0.2) is 0 Å². The van der Waals surface area contributed by atoms with Crippen LogP contribution in [0.25, 0.3) is 28.5 Å². The van der Waals surface area contributed by atoms with Gasteiger partial charge in [-0.25, -0.2) is 14.4 Å². The van der Waals surface area contributed by atoms with Crippen molar-refractivity contribution in [2.24, 2.45) is 5.92 Å². The van der Waals surface area contributed by atoms with Gasteiger partial charge >= 0.3 is 5.84 Å². The number of nitrogens with one attached hydrogen (secondary N) is 1. The summed E-state index contributed by atoms with van der Waals surface area (Å²) in [5.41, 5.74) is 2.60. The normalized spacial score (nSPS) is 22.8. The Morgan fingerprint density at radius 2 is 2.03 bits per heavy atom. The van der Waals surface area contributed by atoms with Crippen LogP contribution in [0.15, 0.2) is 47.3 Å². The Morgan fingerprint density at radius 1 is 1.16 bits per heavy atom. The molecule has 1 N–H and O–H groups in total. The van der Waals surface area contributed by atoms with Crippen molar-refractivity contribution in [1.29, 1.82) is 0 Å². The number of piperidine rings is 3. The zero-order chi connectivity index (χ0) is 20.9. The van der Waals surface area contributed by atoms with Gasteiger partial charge in [-0.15, -0.1) is 0 Å². The van der Waals surface area contributed by atoms with Gasteiger partial charge in [-0.05, 0) is 56.1 Å². The third-order valence-electron chi connectivity index (χ3n) is 6.32. The lowest BCUT2D eigenvalue weighted by molar-refractivity contribution is 0.0972. The highest BCUT2D eigenvalue weighted by atomic mass is 35.5. The molecule has 0 saturated carbocycles. The van der Waals surface area contributed by atoms with Crippen LogP contribution in [0.2, 0.25) is 5.02 Å². The van der Waals surface area contributed by atoms with E-state index in [9.17, 15) is 4.39 Å². The van der Waals surface area contributed by atoms with E-state index in [1.54, 1.807) is 24.7 Å². The number of nitrogens with zero attached hydrogens (tertiary/aromatic N) is 5. The molecular formula is C22H20ClFN6O. The van der Waals surface area contributed by atoms with Gasteiger partial charge in [0.05, 0.1) is 10.7 Å². The summed E-state index contributed by atoms with van der Waals surface area (Å²) in [4.78, 5) is 16.3. The van der Waals surface area contributed by atoms with Crippen molar-refractivity contribution in [2.45, 2.75) is 18.9 Å². The number of aromatic nitrogens is 4. The van der Waals surface area contributed by atoms with E-state index >= 15 is 0 Å². The first-order chi connectivity index (χ1) is 15.2. The van der Waals surface area contributed by atoms with Gasteiger partial charge in [0.2, 0.25) is 5.95 Å². The molecule has 158 valence electrons. The number of rotatable bonds is 4. The molecule has 0 amide bonds. The summed E-state index contributed by atoms with van der Waals surface area (Å²) in [5.74, 6) is 1.26. The van der Waals surface area contributed by atoms with Gasteiger partial charge in [0.1, 0.15) is 23.5 Å². The molecule has 1 unspecified atom stereocenters. The third kappa shape index (κ3) is 3.26. The highest BCUT2D eigenvalue weighted by Gasteiger charge is 2.34. The molecule has 0 radical (unpaired) electrons. The number of anilines is 1. The predicted octanol–water partition coefficient (Wildman–Crippen LogP) is 4.35. The van der Waals surface area contributed by atoms with Crippen molar-refractivity contribution in [3.8, 4) is 22.6 Å². The van der Waals surface area contributed by atoms with Gasteiger partial charge in [-0.2, -0.15) is 4.98 Å². The number of hydrogen-bond donors (Lipinski definition) is 1. The molecule has 4 aromatic rings. The van der Waals surface area contributed by atoms with Crippen LogP contribution in [0.1, 0.15) is 12.8 Å². The molecule has 1 atom stereocenters. The van der Waals surface area contributed by atoms with E-state index in [1.807, 2.05) is 10.5 Å². The molecule has 7 nitrogen and oxygen atoms in total. The molecule has 9 heteroatoms. The Morgan fingerprint density at radius 3 is 2.81 bits per heavy atom. The average molecular weight is 439 g/mol. The molecule has 3 saturated heterocycles. The summed E-state index contributed by atoms with van der Waals surface area (Å²) < 4.78 is 20.9. The number of hydrogen-bond acceptors (Lipinski definition) is 6. The summed E-state index contributed by atoms with van der Waals surface area (Å²) in [7, 11) is 0. The minimum Gasteiger partial charge on any atom is -0.432 e. The smallest absolute Gasteiger partial charge is 0.306 e. The molecule has 3 aromatic heterocycles. The Hall–Kier alpha value is -2.97. The average Bonchev–Trinajstić information content (AvgIpc) is 3.36. The summed E-state index contributed by atoms with van der Waals surface area (Å²) in [6.45, 7) is 3.38. The largest absolute Gasteiger partial charge is 0.432 e. The number of oxazole rings is 1. The van der Waals surface area contributed by atoms with E-state index in [-0.39, 0.29) is 5.02 Å². The molecular weight excluding hydrogens is 419 g/mol. The van der Waals surface area contributed by atoms with Gasteiger partial charge in [0, 0.05) is 30.5 Å². The molecule has 3 fully saturated rings. The zero-order valence-corrected chi connectivity index (χ0v) is 17.4.